The van der Waals surface area contributed by atoms with Gasteiger partial charge < -0.3 is 15.2 Å². The standard InChI is InChI=1S/C10H10O2.C5H11NO2/c1-3-9-4-6-10(7-5-9)12-8(2)11;1-2-3-4-8-5(6)7/h3-7H,1H2,2H3;2-4H2,1H3,(H2,6,7). The van der Waals surface area contributed by atoms with Gasteiger partial charge in [0.1, 0.15) is 5.75 Å². The molecular formula is C15H21NO4. The highest BCUT2D eigenvalue weighted by Crippen LogP contribution is 2.12. The topological polar surface area (TPSA) is 78.6 Å². The lowest BCUT2D eigenvalue weighted by Crippen LogP contribution is -2.13. The molecule has 5 nitrogen and oxygen atoms in total. The van der Waals surface area contributed by atoms with Crippen molar-refractivity contribution in [2.24, 2.45) is 5.73 Å². The van der Waals surface area contributed by atoms with E-state index in [9.17, 15) is 9.59 Å². The Balaban J connectivity index is 0.000000396. The molecule has 20 heavy (non-hydrogen) atoms. The van der Waals surface area contributed by atoms with Gasteiger partial charge in [-0.3, -0.25) is 4.79 Å². The van der Waals surface area contributed by atoms with Gasteiger partial charge in [0.25, 0.3) is 0 Å². The van der Waals surface area contributed by atoms with Crippen molar-refractivity contribution in [2.75, 3.05) is 6.61 Å². The lowest BCUT2D eigenvalue weighted by molar-refractivity contribution is -0.131. The maximum absolute atomic E-state index is 10.5. The second-order valence-electron chi connectivity index (χ2n) is 3.89. The molecule has 0 radical (unpaired) electrons. The van der Waals surface area contributed by atoms with Gasteiger partial charge in [0.05, 0.1) is 6.61 Å². The van der Waals surface area contributed by atoms with Crippen molar-refractivity contribution >= 4 is 18.1 Å². The minimum Gasteiger partial charge on any atom is -0.450 e. The monoisotopic (exact) mass is 279 g/mol. The molecular weight excluding hydrogens is 258 g/mol. The van der Waals surface area contributed by atoms with Crippen molar-refractivity contribution in [1.82, 2.24) is 0 Å². The van der Waals surface area contributed by atoms with E-state index in [-0.39, 0.29) is 5.97 Å². The summed E-state index contributed by atoms with van der Waals surface area (Å²) in [6.45, 7) is 7.46. The second-order valence-corrected chi connectivity index (χ2v) is 3.89. The average Bonchev–Trinajstić information content (AvgIpc) is 2.40. The largest absolute Gasteiger partial charge is 0.450 e. The van der Waals surface area contributed by atoms with Crippen LogP contribution < -0.4 is 10.5 Å². The van der Waals surface area contributed by atoms with Gasteiger partial charge in [-0.05, 0) is 24.1 Å². The fraction of sp³-hybridized carbons (Fsp3) is 0.333. The first kappa shape index (κ1) is 17.7. The zero-order valence-electron chi connectivity index (χ0n) is 11.9. The Bertz CT molecular complexity index is 426. The zero-order chi connectivity index (χ0) is 15.4. The Hall–Kier alpha value is -2.30. The number of amides is 1. The molecule has 1 amide bonds. The number of hydrogen-bond acceptors (Lipinski definition) is 4. The maximum Gasteiger partial charge on any atom is 0.404 e. The van der Waals surface area contributed by atoms with Crippen LogP contribution in [0.15, 0.2) is 30.8 Å². The molecule has 5 heteroatoms. The van der Waals surface area contributed by atoms with E-state index in [1.54, 1.807) is 18.2 Å². The Morgan fingerprint density at radius 1 is 1.30 bits per heavy atom. The Morgan fingerprint density at radius 3 is 2.30 bits per heavy atom. The molecule has 0 fully saturated rings. The highest BCUT2D eigenvalue weighted by molar-refractivity contribution is 5.69. The molecule has 1 aromatic rings. The van der Waals surface area contributed by atoms with E-state index in [2.05, 4.69) is 17.0 Å². The molecule has 0 atom stereocenters. The third-order valence-corrected chi connectivity index (χ3v) is 2.12. The quantitative estimate of drug-likeness (QED) is 0.510. The Kier molecular flexibility index (Phi) is 9.39. The van der Waals surface area contributed by atoms with Crippen molar-refractivity contribution < 1.29 is 19.1 Å². The van der Waals surface area contributed by atoms with Gasteiger partial charge in [-0.25, -0.2) is 4.79 Å². The molecule has 0 saturated carbocycles. The molecule has 0 aliphatic carbocycles. The van der Waals surface area contributed by atoms with E-state index in [0.717, 1.165) is 18.4 Å². The van der Waals surface area contributed by atoms with Crippen LogP contribution in [0.2, 0.25) is 0 Å². The van der Waals surface area contributed by atoms with Gasteiger partial charge in [-0.2, -0.15) is 0 Å². The van der Waals surface area contributed by atoms with Crippen LogP contribution in [-0.2, 0) is 9.53 Å². The van der Waals surface area contributed by atoms with Crippen molar-refractivity contribution in [3.63, 3.8) is 0 Å². The molecule has 0 aliphatic rings. The molecule has 0 aliphatic heterocycles. The van der Waals surface area contributed by atoms with Gasteiger partial charge in [0.2, 0.25) is 0 Å². The number of hydrogen-bond donors (Lipinski definition) is 1. The van der Waals surface area contributed by atoms with Crippen LogP contribution in [0, 0.1) is 0 Å². The van der Waals surface area contributed by atoms with Crippen molar-refractivity contribution in [1.29, 1.82) is 0 Å². The smallest absolute Gasteiger partial charge is 0.404 e. The fourth-order valence-corrected chi connectivity index (χ4v) is 1.16. The third-order valence-electron chi connectivity index (χ3n) is 2.12. The summed E-state index contributed by atoms with van der Waals surface area (Å²) < 4.78 is 9.26. The third kappa shape index (κ3) is 9.70. The number of unbranched alkanes of at least 4 members (excludes halogenated alkanes) is 1. The van der Waals surface area contributed by atoms with Gasteiger partial charge in [-0.1, -0.05) is 38.1 Å². The van der Waals surface area contributed by atoms with Gasteiger partial charge >= 0.3 is 12.1 Å². The SMILES string of the molecule is C=Cc1ccc(OC(C)=O)cc1.CCCCOC(N)=O. The summed E-state index contributed by atoms with van der Waals surface area (Å²) in [6.07, 6.45) is 2.96. The molecule has 1 rings (SSSR count). The number of rotatable bonds is 5. The van der Waals surface area contributed by atoms with E-state index >= 15 is 0 Å². The summed E-state index contributed by atoms with van der Waals surface area (Å²) in [5.41, 5.74) is 5.68. The molecule has 2 N–H and O–H groups in total. The Morgan fingerprint density at radius 2 is 1.90 bits per heavy atom. The van der Waals surface area contributed by atoms with Crippen molar-refractivity contribution in [3.8, 4) is 5.75 Å². The molecule has 1 aromatic carbocycles. The summed E-state index contributed by atoms with van der Waals surface area (Å²) in [4.78, 5) is 20.4. The lowest BCUT2D eigenvalue weighted by atomic mass is 10.2. The van der Waals surface area contributed by atoms with E-state index < -0.39 is 6.09 Å². The van der Waals surface area contributed by atoms with Crippen molar-refractivity contribution in [2.45, 2.75) is 26.7 Å². The molecule has 0 bridgehead atoms. The van der Waals surface area contributed by atoms with Crippen LogP contribution in [0.1, 0.15) is 32.3 Å². The molecule has 0 saturated heterocycles. The Labute approximate surface area is 119 Å². The van der Waals surface area contributed by atoms with Crippen LogP contribution in [-0.4, -0.2) is 18.7 Å². The normalized spacial score (nSPS) is 8.90. The molecule has 110 valence electrons. The summed E-state index contributed by atoms with van der Waals surface area (Å²) in [6, 6.07) is 7.15. The maximum atomic E-state index is 10.5. The van der Waals surface area contributed by atoms with Crippen LogP contribution in [0.4, 0.5) is 4.79 Å². The summed E-state index contributed by atoms with van der Waals surface area (Å²) >= 11 is 0. The van der Waals surface area contributed by atoms with Crippen LogP contribution in [0.25, 0.3) is 6.08 Å². The van der Waals surface area contributed by atoms with E-state index in [0.29, 0.717) is 12.4 Å². The predicted octanol–water partition coefficient (Wildman–Crippen LogP) is 3.14. The van der Waals surface area contributed by atoms with Gasteiger partial charge in [-0.15, -0.1) is 0 Å². The molecule has 0 spiro atoms. The van der Waals surface area contributed by atoms with Crippen molar-refractivity contribution in [3.05, 3.63) is 36.4 Å². The van der Waals surface area contributed by atoms with Crippen LogP contribution in [0.5, 0.6) is 5.75 Å². The first-order valence-corrected chi connectivity index (χ1v) is 6.32. The van der Waals surface area contributed by atoms with Gasteiger partial charge in [0, 0.05) is 6.92 Å². The van der Waals surface area contributed by atoms with Crippen LogP contribution in [0.3, 0.4) is 0 Å². The average molecular weight is 279 g/mol. The molecule has 0 aromatic heterocycles. The number of ether oxygens (including phenoxy) is 2. The summed E-state index contributed by atoms with van der Waals surface area (Å²) in [5, 5.41) is 0. The molecule has 0 unspecified atom stereocenters. The highest BCUT2D eigenvalue weighted by Gasteiger charge is 1.95. The number of nitrogens with two attached hydrogens (primary N) is 1. The van der Waals surface area contributed by atoms with E-state index in [4.69, 9.17) is 4.74 Å². The first-order chi connectivity index (χ1) is 9.49. The van der Waals surface area contributed by atoms with Crippen LogP contribution >= 0.6 is 0 Å². The zero-order valence-corrected chi connectivity index (χ0v) is 11.9. The van der Waals surface area contributed by atoms with E-state index in [1.807, 2.05) is 19.1 Å². The number of benzene rings is 1. The minimum atomic E-state index is -0.682. The molecule has 0 heterocycles. The predicted molar refractivity (Wildman–Crippen MR) is 78.3 cm³/mol. The lowest BCUT2D eigenvalue weighted by Gasteiger charge is -1.99. The fourth-order valence-electron chi connectivity index (χ4n) is 1.16. The first-order valence-electron chi connectivity index (χ1n) is 6.32. The summed E-state index contributed by atoms with van der Waals surface area (Å²) in [5.74, 6) is 0.259. The second kappa shape index (κ2) is 10.6. The highest BCUT2D eigenvalue weighted by atomic mass is 16.5. The number of carbonyl (C=O) groups is 2. The number of primary amides is 1. The number of esters is 1. The number of carbonyl (C=O) groups excluding carboxylic acids is 2. The van der Waals surface area contributed by atoms with E-state index in [1.165, 1.54) is 6.92 Å². The minimum absolute atomic E-state index is 0.304. The summed E-state index contributed by atoms with van der Waals surface area (Å²) in [7, 11) is 0. The van der Waals surface area contributed by atoms with Gasteiger partial charge in [0.15, 0.2) is 0 Å².